The molecule has 1 aromatic carbocycles. The zero-order chi connectivity index (χ0) is 13.9. The van der Waals surface area contributed by atoms with Crippen molar-refractivity contribution in [3.05, 3.63) is 35.9 Å². The topological polar surface area (TPSA) is 43.8 Å². The SMILES string of the molecule is O=C(O)N1CCC(N2CCCC2c2ccccc2)CC1. The van der Waals surface area contributed by atoms with Crippen LogP contribution in [0, 0.1) is 0 Å². The van der Waals surface area contributed by atoms with E-state index in [2.05, 4.69) is 35.2 Å². The minimum absolute atomic E-state index is 0.526. The lowest BCUT2D eigenvalue weighted by Gasteiger charge is -2.38. The number of carboxylic acid groups (broad SMARTS) is 1. The maximum Gasteiger partial charge on any atom is 0.407 e. The van der Waals surface area contributed by atoms with E-state index in [1.54, 1.807) is 4.90 Å². The first-order valence-electron chi connectivity index (χ1n) is 7.54. The molecule has 1 aromatic rings. The molecule has 2 saturated heterocycles. The summed E-state index contributed by atoms with van der Waals surface area (Å²) in [4.78, 5) is 15.1. The maximum absolute atomic E-state index is 11.0. The van der Waals surface area contributed by atoms with Crippen molar-refractivity contribution in [3.8, 4) is 0 Å². The first-order valence-corrected chi connectivity index (χ1v) is 7.54. The summed E-state index contributed by atoms with van der Waals surface area (Å²) in [6.45, 7) is 2.51. The summed E-state index contributed by atoms with van der Waals surface area (Å²) in [7, 11) is 0. The molecule has 3 rings (SSSR count). The van der Waals surface area contributed by atoms with Crippen molar-refractivity contribution < 1.29 is 9.90 Å². The lowest BCUT2D eigenvalue weighted by molar-refractivity contribution is 0.0888. The van der Waals surface area contributed by atoms with Crippen LogP contribution in [-0.4, -0.2) is 46.7 Å². The second kappa shape index (κ2) is 5.83. The first kappa shape index (κ1) is 13.4. The lowest BCUT2D eigenvalue weighted by Crippen LogP contribution is -2.46. The molecular formula is C16H22N2O2. The predicted molar refractivity (Wildman–Crippen MR) is 77.7 cm³/mol. The predicted octanol–water partition coefficient (Wildman–Crippen LogP) is 2.97. The summed E-state index contributed by atoms with van der Waals surface area (Å²) in [5.41, 5.74) is 1.41. The molecule has 0 saturated carbocycles. The highest BCUT2D eigenvalue weighted by molar-refractivity contribution is 5.65. The number of carbonyl (C=O) groups is 1. The van der Waals surface area contributed by atoms with Crippen LogP contribution in [0.2, 0.25) is 0 Å². The van der Waals surface area contributed by atoms with Crippen molar-refractivity contribution in [1.29, 1.82) is 0 Å². The molecule has 0 spiro atoms. The minimum Gasteiger partial charge on any atom is -0.465 e. The van der Waals surface area contributed by atoms with Gasteiger partial charge >= 0.3 is 6.09 Å². The van der Waals surface area contributed by atoms with Crippen LogP contribution in [0.5, 0.6) is 0 Å². The Bertz CT molecular complexity index is 455. The normalized spacial score (nSPS) is 25.0. The van der Waals surface area contributed by atoms with Gasteiger partial charge in [-0.15, -0.1) is 0 Å². The maximum atomic E-state index is 11.0. The number of piperidine rings is 1. The third kappa shape index (κ3) is 2.66. The Labute approximate surface area is 120 Å². The molecule has 0 bridgehead atoms. The van der Waals surface area contributed by atoms with E-state index in [9.17, 15) is 4.79 Å². The summed E-state index contributed by atoms with van der Waals surface area (Å²) in [6, 6.07) is 11.8. The summed E-state index contributed by atoms with van der Waals surface area (Å²) in [5, 5.41) is 9.03. The summed E-state index contributed by atoms with van der Waals surface area (Å²) in [5.74, 6) is 0. The van der Waals surface area contributed by atoms with Gasteiger partial charge in [0.25, 0.3) is 0 Å². The number of benzene rings is 1. The van der Waals surface area contributed by atoms with Gasteiger partial charge in [-0.05, 0) is 37.8 Å². The zero-order valence-corrected chi connectivity index (χ0v) is 11.7. The van der Waals surface area contributed by atoms with E-state index in [1.807, 2.05) is 0 Å². The molecule has 4 nitrogen and oxygen atoms in total. The molecule has 0 radical (unpaired) electrons. The van der Waals surface area contributed by atoms with Gasteiger partial charge in [-0.1, -0.05) is 30.3 Å². The molecule has 2 aliphatic heterocycles. The quantitative estimate of drug-likeness (QED) is 0.901. The standard InChI is InChI=1S/C16H22N2O2/c19-16(20)17-11-8-14(9-12-17)18-10-4-7-15(18)13-5-2-1-3-6-13/h1-3,5-6,14-15H,4,7-12H2,(H,19,20). The Morgan fingerprint density at radius 2 is 1.75 bits per heavy atom. The van der Waals surface area contributed by atoms with Crippen molar-refractivity contribution in [3.63, 3.8) is 0 Å². The molecule has 0 aliphatic carbocycles. The summed E-state index contributed by atoms with van der Waals surface area (Å²) in [6.07, 6.45) is 3.64. The van der Waals surface area contributed by atoms with Crippen LogP contribution in [0.4, 0.5) is 4.79 Å². The monoisotopic (exact) mass is 274 g/mol. The van der Waals surface area contributed by atoms with Gasteiger partial charge in [0, 0.05) is 25.2 Å². The number of amides is 1. The van der Waals surface area contributed by atoms with E-state index in [1.165, 1.54) is 18.4 Å². The van der Waals surface area contributed by atoms with Crippen molar-refractivity contribution in [1.82, 2.24) is 9.80 Å². The van der Waals surface area contributed by atoms with Crippen molar-refractivity contribution in [2.75, 3.05) is 19.6 Å². The Hall–Kier alpha value is -1.55. The highest BCUT2D eigenvalue weighted by Gasteiger charge is 2.34. The average molecular weight is 274 g/mol. The Balaban J connectivity index is 1.66. The fourth-order valence-electron chi connectivity index (χ4n) is 3.65. The van der Waals surface area contributed by atoms with Gasteiger partial charge in [0.15, 0.2) is 0 Å². The van der Waals surface area contributed by atoms with E-state index in [-0.39, 0.29) is 0 Å². The van der Waals surface area contributed by atoms with Gasteiger partial charge < -0.3 is 10.0 Å². The molecule has 1 unspecified atom stereocenters. The molecule has 20 heavy (non-hydrogen) atoms. The van der Waals surface area contributed by atoms with Crippen LogP contribution < -0.4 is 0 Å². The van der Waals surface area contributed by atoms with Gasteiger partial charge in [0.2, 0.25) is 0 Å². The molecule has 0 aromatic heterocycles. The molecule has 108 valence electrons. The minimum atomic E-state index is -0.774. The fraction of sp³-hybridized carbons (Fsp3) is 0.562. The van der Waals surface area contributed by atoms with Crippen LogP contribution >= 0.6 is 0 Å². The zero-order valence-electron chi connectivity index (χ0n) is 11.7. The van der Waals surface area contributed by atoms with E-state index < -0.39 is 6.09 Å². The smallest absolute Gasteiger partial charge is 0.407 e. The molecule has 1 atom stereocenters. The van der Waals surface area contributed by atoms with E-state index in [0.29, 0.717) is 25.2 Å². The molecule has 1 amide bonds. The van der Waals surface area contributed by atoms with Gasteiger partial charge in [0.1, 0.15) is 0 Å². The number of nitrogens with zero attached hydrogens (tertiary/aromatic N) is 2. The largest absolute Gasteiger partial charge is 0.465 e. The number of rotatable bonds is 2. The molecular weight excluding hydrogens is 252 g/mol. The van der Waals surface area contributed by atoms with E-state index in [0.717, 1.165) is 19.4 Å². The summed E-state index contributed by atoms with van der Waals surface area (Å²) >= 11 is 0. The van der Waals surface area contributed by atoms with E-state index >= 15 is 0 Å². The van der Waals surface area contributed by atoms with Crippen LogP contribution in [0.15, 0.2) is 30.3 Å². The van der Waals surface area contributed by atoms with Crippen molar-refractivity contribution in [2.24, 2.45) is 0 Å². The van der Waals surface area contributed by atoms with Crippen LogP contribution in [0.1, 0.15) is 37.3 Å². The van der Waals surface area contributed by atoms with Crippen molar-refractivity contribution >= 4 is 6.09 Å². The first-order chi connectivity index (χ1) is 9.75. The van der Waals surface area contributed by atoms with Crippen LogP contribution in [-0.2, 0) is 0 Å². The van der Waals surface area contributed by atoms with Crippen LogP contribution in [0.3, 0.4) is 0 Å². The van der Waals surface area contributed by atoms with Crippen molar-refractivity contribution in [2.45, 2.75) is 37.8 Å². The Morgan fingerprint density at radius 1 is 1.05 bits per heavy atom. The molecule has 2 fully saturated rings. The van der Waals surface area contributed by atoms with E-state index in [4.69, 9.17) is 5.11 Å². The highest BCUT2D eigenvalue weighted by atomic mass is 16.4. The Kier molecular flexibility index (Phi) is 3.92. The van der Waals surface area contributed by atoms with Gasteiger partial charge in [0.05, 0.1) is 0 Å². The molecule has 4 heteroatoms. The molecule has 1 N–H and O–H groups in total. The molecule has 2 aliphatic rings. The van der Waals surface area contributed by atoms with Gasteiger partial charge in [-0.3, -0.25) is 4.90 Å². The third-order valence-corrected chi connectivity index (χ3v) is 4.68. The number of hydrogen-bond acceptors (Lipinski definition) is 2. The second-order valence-corrected chi connectivity index (χ2v) is 5.81. The fourth-order valence-corrected chi connectivity index (χ4v) is 3.65. The van der Waals surface area contributed by atoms with Gasteiger partial charge in [-0.25, -0.2) is 4.79 Å². The highest BCUT2D eigenvalue weighted by Crippen LogP contribution is 2.35. The number of hydrogen-bond donors (Lipinski definition) is 1. The van der Waals surface area contributed by atoms with Gasteiger partial charge in [-0.2, -0.15) is 0 Å². The lowest BCUT2D eigenvalue weighted by atomic mass is 9.99. The average Bonchev–Trinajstić information content (AvgIpc) is 2.97. The third-order valence-electron chi connectivity index (χ3n) is 4.68. The Morgan fingerprint density at radius 3 is 2.40 bits per heavy atom. The summed E-state index contributed by atoms with van der Waals surface area (Å²) < 4.78 is 0. The second-order valence-electron chi connectivity index (χ2n) is 5.81. The number of likely N-dealkylation sites (tertiary alicyclic amines) is 2. The van der Waals surface area contributed by atoms with Crippen LogP contribution in [0.25, 0.3) is 0 Å². The molecule has 2 heterocycles.